The summed E-state index contributed by atoms with van der Waals surface area (Å²) in [5.41, 5.74) is 6.07. The number of likely N-dealkylation sites (N-methyl/N-ethyl adjacent to an activating group) is 1. The molecule has 2 heterocycles. The Hall–Kier alpha value is -3.50. The first-order chi connectivity index (χ1) is 16.4. The Labute approximate surface area is 201 Å². The molecule has 0 radical (unpaired) electrons. The van der Waals surface area contributed by atoms with Crippen LogP contribution in [0.15, 0.2) is 48.9 Å². The lowest BCUT2D eigenvalue weighted by atomic mass is 10.1. The number of nitrogens with two attached hydrogens (primary N) is 1. The van der Waals surface area contributed by atoms with Crippen LogP contribution in [0.5, 0.6) is 0 Å². The zero-order valence-corrected chi connectivity index (χ0v) is 19.4. The van der Waals surface area contributed by atoms with E-state index in [1.54, 1.807) is 43.8 Å². The van der Waals surface area contributed by atoms with Gasteiger partial charge in [0.25, 0.3) is 0 Å². The molecule has 180 valence electrons. The first-order valence-electron chi connectivity index (χ1n) is 10.7. The molecule has 11 heteroatoms. The minimum Gasteiger partial charge on any atom is -0.447 e. The van der Waals surface area contributed by atoms with Gasteiger partial charge in [-0.05, 0) is 48.5 Å². The summed E-state index contributed by atoms with van der Waals surface area (Å²) in [6, 6.07) is 7.06. The van der Waals surface area contributed by atoms with E-state index in [1.165, 1.54) is 17.0 Å². The number of carbonyl (C=O) groups is 2. The predicted octanol–water partition coefficient (Wildman–Crippen LogP) is 3.92. The number of urea groups is 1. The van der Waals surface area contributed by atoms with Crippen molar-refractivity contribution < 1.29 is 18.7 Å². The second-order valence-corrected chi connectivity index (χ2v) is 7.96. The highest BCUT2D eigenvalue weighted by molar-refractivity contribution is 6.31. The number of aromatic nitrogens is 2. The first kappa shape index (κ1) is 25.1. The molecule has 0 spiro atoms. The van der Waals surface area contributed by atoms with Crippen molar-refractivity contribution in [3.63, 3.8) is 0 Å². The van der Waals surface area contributed by atoms with Crippen LogP contribution in [0, 0.1) is 5.82 Å². The van der Waals surface area contributed by atoms with Gasteiger partial charge in [0.1, 0.15) is 18.2 Å². The van der Waals surface area contributed by atoms with E-state index in [2.05, 4.69) is 20.6 Å². The first-order valence-corrected chi connectivity index (χ1v) is 11.0. The molecule has 4 N–H and O–H groups in total. The molecule has 0 saturated heterocycles. The fourth-order valence-corrected chi connectivity index (χ4v) is 3.44. The van der Waals surface area contributed by atoms with E-state index in [-0.39, 0.29) is 18.2 Å². The van der Waals surface area contributed by atoms with Crippen LogP contribution in [0.1, 0.15) is 18.4 Å². The lowest BCUT2D eigenvalue weighted by Crippen LogP contribution is -2.46. The standard InChI is InChI=1S/C23H26ClFN6O3/c1-31(22(32)29-12-16-4-2-6-19(25)21(16)24)18(5-3-8-26)14-34-23(33)30-20-10-15-7-9-27-11-17(15)13-28-20/h2,4,6-7,9-11,13,18H,3,5,8,12,14,26H2,1H3,(H,29,32)(H,28,30,33). The lowest BCUT2D eigenvalue weighted by Gasteiger charge is -2.28. The number of carbonyl (C=O) groups excluding carboxylic acids is 2. The maximum absolute atomic E-state index is 13.6. The molecule has 34 heavy (non-hydrogen) atoms. The number of benzene rings is 1. The molecule has 3 amide bonds. The average Bonchev–Trinajstić information content (AvgIpc) is 2.84. The number of amides is 3. The fourth-order valence-electron chi connectivity index (χ4n) is 3.25. The maximum atomic E-state index is 13.6. The Bertz CT molecular complexity index is 1150. The van der Waals surface area contributed by atoms with Crippen LogP contribution in [0.3, 0.4) is 0 Å². The summed E-state index contributed by atoms with van der Waals surface area (Å²) in [5, 5.41) is 6.96. The largest absolute Gasteiger partial charge is 0.447 e. The number of nitrogens with one attached hydrogen (secondary N) is 2. The smallest absolute Gasteiger partial charge is 0.412 e. The van der Waals surface area contributed by atoms with Crippen molar-refractivity contribution in [1.29, 1.82) is 0 Å². The van der Waals surface area contributed by atoms with Crippen LogP contribution in [-0.4, -0.2) is 53.2 Å². The van der Waals surface area contributed by atoms with Crippen molar-refractivity contribution >= 4 is 40.3 Å². The monoisotopic (exact) mass is 488 g/mol. The highest BCUT2D eigenvalue weighted by Crippen LogP contribution is 2.19. The van der Waals surface area contributed by atoms with Crippen LogP contribution in [0.25, 0.3) is 10.8 Å². The van der Waals surface area contributed by atoms with Crippen molar-refractivity contribution in [1.82, 2.24) is 20.2 Å². The molecule has 0 bridgehead atoms. The predicted molar refractivity (Wildman–Crippen MR) is 128 cm³/mol. The van der Waals surface area contributed by atoms with Gasteiger partial charge in [-0.1, -0.05) is 23.7 Å². The summed E-state index contributed by atoms with van der Waals surface area (Å²) in [7, 11) is 1.59. The molecule has 0 aliphatic heterocycles. The second kappa shape index (κ2) is 12.1. The van der Waals surface area contributed by atoms with Gasteiger partial charge in [0, 0.05) is 37.6 Å². The van der Waals surface area contributed by atoms with Gasteiger partial charge in [0.05, 0.1) is 11.1 Å². The van der Waals surface area contributed by atoms with Crippen molar-refractivity contribution in [2.24, 2.45) is 5.73 Å². The van der Waals surface area contributed by atoms with Gasteiger partial charge in [0.2, 0.25) is 0 Å². The number of hydrogen-bond acceptors (Lipinski definition) is 6. The third-order valence-electron chi connectivity index (χ3n) is 5.23. The Morgan fingerprint density at radius 2 is 2.09 bits per heavy atom. The minimum absolute atomic E-state index is 0.0382. The fraction of sp³-hybridized carbons (Fsp3) is 0.304. The van der Waals surface area contributed by atoms with Crippen molar-refractivity contribution in [2.45, 2.75) is 25.4 Å². The number of anilines is 1. The summed E-state index contributed by atoms with van der Waals surface area (Å²) in [6.45, 7) is 0.425. The quantitative estimate of drug-likeness (QED) is 0.419. The normalized spacial score (nSPS) is 11.6. The number of nitrogens with zero attached hydrogens (tertiary/aromatic N) is 3. The molecule has 0 fully saturated rings. The van der Waals surface area contributed by atoms with Gasteiger partial charge in [-0.3, -0.25) is 10.3 Å². The maximum Gasteiger partial charge on any atom is 0.412 e. The van der Waals surface area contributed by atoms with Gasteiger partial charge in [0.15, 0.2) is 0 Å². The Kier molecular flexibility index (Phi) is 8.94. The van der Waals surface area contributed by atoms with Gasteiger partial charge in [-0.2, -0.15) is 0 Å². The van der Waals surface area contributed by atoms with E-state index >= 15 is 0 Å². The van der Waals surface area contributed by atoms with Gasteiger partial charge >= 0.3 is 12.1 Å². The topological polar surface area (TPSA) is 122 Å². The number of halogens is 2. The summed E-state index contributed by atoms with van der Waals surface area (Å²) < 4.78 is 19.0. The molecule has 9 nitrogen and oxygen atoms in total. The highest BCUT2D eigenvalue weighted by Gasteiger charge is 2.22. The Morgan fingerprint density at radius 1 is 1.26 bits per heavy atom. The molecule has 1 aromatic carbocycles. The number of fused-ring (bicyclic) bond motifs is 1. The summed E-state index contributed by atoms with van der Waals surface area (Å²) in [6.07, 6.45) is 5.38. The second-order valence-electron chi connectivity index (χ2n) is 7.58. The highest BCUT2D eigenvalue weighted by atomic mass is 35.5. The summed E-state index contributed by atoms with van der Waals surface area (Å²) in [5.74, 6) is -0.222. The van der Waals surface area contributed by atoms with E-state index in [9.17, 15) is 14.0 Å². The molecule has 2 aromatic heterocycles. The molecule has 0 saturated carbocycles. The number of pyridine rings is 2. The van der Waals surface area contributed by atoms with Crippen molar-refractivity contribution in [3.05, 3.63) is 65.3 Å². The SMILES string of the molecule is CN(C(=O)NCc1cccc(F)c1Cl)C(CCCN)COC(=O)Nc1cc2ccncc2cn1. The van der Waals surface area contributed by atoms with Gasteiger partial charge in [-0.25, -0.2) is 19.0 Å². The van der Waals surface area contributed by atoms with Crippen LogP contribution < -0.4 is 16.4 Å². The van der Waals surface area contributed by atoms with Crippen LogP contribution in [-0.2, 0) is 11.3 Å². The van der Waals surface area contributed by atoms with Gasteiger partial charge < -0.3 is 20.7 Å². The molecule has 1 atom stereocenters. The minimum atomic E-state index is -0.695. The zero-order valence-electron chi connectivity index (χ0n) is 18.6. The number of rotatable bonds is 9. The molecule has 1 unspecified atom stereocenters. The molecular formula is C23H26ClFN6O3. The van der Waals surface area contributed by atoms with Gasteiger partial charge in [-0.15, -0.1) is 0 Å². The molecule has 0 aliphatic rings. The van der Waals surface area contributed by atoms with E-state index in [0.717, 1.165) is 10.8 Å². The number of hydrogen-bond donors (Lipinski definition) is 3. The van der Waals surface area contributed by atoms with E-state index < -0.39 is 24.0 Å². The summed E-state index contributed by atoms with van der Waals surface area (Å²) >= 11 is 5.94. The number of ether oxygens (including phenoxy) is 1. The Morgan fingerprint density at radius 3 is 2.88 bits per heavy atom. The van der Waals surface area contributed by atoms with Crippen molar-refractivity contribution in [3.8, 4) is 0 Å². The zero-order chi connectivity index (χ0) is 24.5. The third kappa shape index (κ3) is 6.75. The average molecular weight is 489 g/mol. The van der Waals surface area contributed by atoms with E-state index in [4.69, 9.17) is 22.1 Å². The van der Waals surface area contributed by atoms with E-state index in [0.29, 0.717) is 30.8 Å². The van der Waals surface area contributed by atoms with Crippen molar-refractivity contribution in [2.75, 3.05) is 25.5 Å². The molecule has 0 aliphatic carbocycles. The molecule has 3 aromatic rings. The van der Waals surface area contributed by atoms with E-state index in [1.807, 2.05) is 0 Å². The summed E-state index contributed by atoms with van der Waals surface area (Å²) in [4.78, 5) is 34.6. The van der Waals surface area contributed by atoms with Crippen LogP contribution in [0.4, 0.5) is 19.8 Å². The molecule has 3 rings (SSSR count). The molecular weight excluding hydrogens is 463 g/mol. The van der Waals surface area contributed by atoms with Crippen LogP contribution >= 0.6 is 11.6 Å². The van der Waals surface area contributed by atoms with Crippen LogP contribution in [0.2, 0.25) is 5.02 Å². The lowest BCUT2D eigenvalue weighted by molar-refractivity contribution is 0.113. The Balaban J connectivity index is 1.56. The third-order valence-corrected chi connectivity index (χ3v) is 5.65.